The molecule has 0 aliphatic heterocycles. The highest BCUT2D eigenvalue weighted by Gasteiger charge is 2.44. The number of thiophene rings is 2. The molecular formula is C21H24Br2S2. The lowest BCUT2D eigenvalue weighted by atomic mass is 9.71. The molecule has 0 atom stereocenters. The molecule has 1 aliphatic rings. The van der Waals surface area contributed by atoms with E-state index in [1.54, 1.807) is 11.1 Å². The van der Waals surface area contributed by atoms with Gasteiger partial charge in [0.15, 0.2) is 0 Å². The van der Waals surface area contributed by atoms with Gasteiger partial charge < -0.3 is 0 Å². The minimum absolute atomic E-state index is 0.193. The lowest BCUT2D eigenvalue weighted by molar-refractivity contribution is 0.409. The van der Waals surface area contributed by atoms with Gasteiger partial charge in [-0.15, -0.1) is 35.8 Å². The maximum absolute atomic E-state index is 3.88. The summed E-state index contributed by atoms with van der Waals surface area (Å²) in [5.41, 5.74) is 3.32. The van der Waals surface area contributed by atoms with E-state index in [0.717, 1.165) is 12.8 Å². The Kier molecular flexibility index (Phi) is 6.81. The minimum Gasteiger partial charge on any atom is -0.127 e. The quantitative estimate of drug-likeness (QED) is 0.226. The normalized spacial score (nSPS) is 14.3. The maximum Gasteiger partial charge on any atom is 0.0708 e. The van der Waals surface area contributed by atoms with E-state index >= 15 is 0 Å². The topological polar surface area (TPSA) is 0 Å². The second kappa shape index (κ2) is 8.69. The highest BCUT2D eigenvalue weighted by atomic mass is 79.9. The summed E-state index contributed by atoms with van der Waals surface area (Å²) in [6, 6.07) is 4.78. The van der Waals surface area contributed by atoms with Crippen molar-refractivity contribution < 1.29 is 0 Å². The van der Waals surface area contributed by atoms with Crippen molar-refractivity contribution in [2.75, 3.05) is 0 Å². The second-order valence-electron chi connectivity index (χ2n) is 6.74. The number of allylic oxidation sites excluding steroid dienone is 2. The molecule has 2 aromatic rings. The van der Waals surface area contributed by atoms with Gasteiger partial charge in [-0.25, -0.2) is 0 Å². The van der Waals surface area contributed by atoms with Crippen molar-refractivity contribution in [1.82, 2.24) is 0 Å². The van der Waals surface area contributed by atoms with Crippen LogP contribution >= 0.6 is 54.5 Å². The fraction of sp³-hybridized carbons (Fsp3) is 0.429. The molecule has 1 aliphatic carbocycles. The number of hydrogen-bond donors (Lipinski definition) is 0. The number of hydrogen-bond acceptors (Lipinski definition) is 2. The average Bonchev–Trinajstić information content (AvgIpc) is 3.21. The summed E-state index contributed by atoms with van der Waals surface area (Å²) in [6.45, 7) is 7.76. The van der Waals surface area contributed by atoms with Gasteiger partial charge in [-0.1, -0.05) is 25.0 Å². The summed E-state index contributed by atoms with van der Waals surface area (Å²) in [7, 11) is 0. The van der Waals surface area contributed by atoms with E-state index in [4.69, 9.17) is 0 Å². The van der Waals surface area contributed by atoms with Crippen molar-refractivity contribution in [2.45, 2.75) is 56.8 Å². The maximum atomic E-state index is 3.88. The molecule has 4 heteroatoms. The van der Waals surface area contributed by atoms with Crippen LogP contribution in [0.3, 0.4) is 0 Å². The Labute approximate surface area is 176 Å². The van der Waals surface area contributed by atoms with Crippen molar-refractivity contribution >= 4 is 54.5 Å². The Balaban J connectivity index is 1.95. The predicted octanol–water partition coefficient (Wildman–Crippen LogP) is 9.09. The van der Waals surface area contributed by atoms with Crippen LogP contribution in [0, 0.1) is 0 Å². The standard InChI is InChI=1S/C21H24Br2S2/c1-3-5-7-9-11-21(12-10-8-6-4-2)15-13-17(22)24-19(15)20-16(21)14-18(23)25-20/h3-4,13-14H,1-2,5-12H2. The average molecular weight is 500 g/mol. The van der Waals surface area contributed by atoms with Crippen LogP contribution in [-0.4, -0.2) is 0 Å². The Morgan fingerprint density at radius 2 is 1.24 bits per heavy atom. The molecule has 0 unspecified atom stereocenters. The molecule has 3 rings (SSSR count). The van der Waals surface area contributed by atoms with Gasteiger partial charge in [0, 0.05) is 15.2 Å². The molecule has 0 saturated carbocycles. The van der Waals surface area contributed by atoms with E-state index in [-0.39, 0.29) is 5.41 Å². The van der Waals surface area contributed by atoms with Gasteiger partial charge in [-0.3, -0.25) is 0 Å². The van der Waals surface area contributed by atoms with Crippen molar-refractivity contribution in [1.29, 1.82) is 0 Å². The molecule has 134 valence electrons. The molecule has 0 saturated heterocycles. The van der Waals surface area contributed by atoms with E-state index in [1.807, 2.05) is 34.8 Å². The van der Waals surface area contributed by atoms with Gasteiger partial charge in [0.1, 0.15) is 0 Å². The first-order valence-electron chi connectivity index (χ1n) is 8.94. The molecule has 0 fully saturated rings. The van der Waals surface area contributed by atoms with Crippen molar-refractivity contribution in [3.8, 4) is 9.75 Å². The summed E-state index contributed by atoms with van der Waals surface area (Å²) in [6.07, 6.45) is 13.8. The van der Waals surface area contributed by atoms with Crippen LogP contribution < -0.4 is 0 Å². The van der Waals surface area contributed by atoms with Crippen molar-refractivity contribution in [3.05, 3.63) is 56.1 Å². The first kappa shape index (κ1) is 19.6. The van der Waals surface area contributed by atoms with Crippen LogP contribution in [0.5, 0.6) is 0 Å². The van der Waals surface area contributed by atoms with Gasteiger partial charge >= 0.3 is 0 Å². The Morgan fingerprint density at radius 3 is 1.64 bits per heavy atom. The second-order valence-corrected chi connectivity index (χ2v) is 11.6. The number of halogens is 2. The molecule has 2 heterocycles. The van der Waals surface area contributed by atoms with Gasteiger partial charge in [-0.2, -0.15) is 0 Å². The van der Waals surface area contributed by atoms with Crippen molar-refractivity contribution in [2.24, 2.45) is 0 Å². The van der Waals surface area contributed by atoms with Crippen LogP contribution in [-0.2, 0) is 5.41 Å². The number of unbranched alkanes of at least 4 members (excludes halogenated alkanes) is 4. The summed E-state index contributed by atoms with van der Waals surface area (Å²) in [5.74, 6) is 0. The lowest BCUT2D eigenvalue weighted by Crippen LogP contribution is -2.24. The molecule has 0 radical (unpaired) electrons. The van der Waals surface area contributed by atoms with Crippen LogP contribution in [0.25, 0.3) is 9.75 Å². The van der Waals surface area contributed by atoms with E-state index in [2.05, 4.69) is 57.2 Å². The molecule has 0 aromatic carbocycles. The summed E-state index contributed by atoms with van der Waals surface area (Å²) >= 11 is 11.3. The van der Waals surface area contributed by atoms with Crippen molar-refractivity contribution in [3.63, 3.8) is 0 Å². The zero-order chi connectivity index (χ0) is 17.9. The highest BCUT2D eigenvalue weighted by molar-refractivity contribution is 9.11. The molecule has 0 N–H and O–H groups in total. The van der Waals surface area contributed by atoms with E-state index in [1.165, 1.54) is 55.9 Å². The molecular weight excluding hydrogens is 476 g/mol. The van der Waals surface area contributed by atoms with E-state index in [9.17, 15) is 0 Å². The summed E-state index contributed by atoms with van der Waals surface area (Å²) < 4.78 is 2.52. The van der Waals surface area contributed by atoms with Crippen LogP contribution in [0.1, 0.15) is 62.5 Å². The van der Waals surface area contributed by atoms with Crippen LogP contribution in [0.15, 0.2) is 45.0 Å². The largest absolute Gasteiger partial charge is 0.127 e. The Bertz CT molecular complexity index is 690. The minimum atomic E-state index is 0.193. The van der Waals surface area contributed by atoms with Gasteiger partial charge in [0.25, 0.3) is 0 Å². The zero-order valence-electron chi connectivity index (χ0n) is 14.5. The van der Waals surface area contributed by atoms with Crippen LogP contribution in [0.4, 0.5) is 0 Å². The molecule has 0 bridgehead atoms. The Hall–Kier alpha value is -0.160. The summed E-state index contributed by atoms with van der Waals surface area (Å²) in [4.78, 5) is 2.98. The van der Waals surface area contributed by atoms with Gasteiger partial charge in [0.05, 0.1) is 7.57 Å². The smallest absolute Gasteiger partial charge is 0.0708 e. The third-order valence-electron chi connectivity index (χ3n) is 5.16. The molecule has 0 nitrogen and oxygen atoms in total. The Morgan fingerprint density at radius 1 is 0.800 bits per heavy atom. The first-order chi connectivity index (χ1) is 12.1. The third kappa shape index (κ3) is 3.92. The molecule has 2 aromatic heterocycles. The summed E-state index contributed by atoms with van der Waals surface area (Å²) in [5, 5.41) is 0. The van der Waals surface area contributed by atoms with Gasteiger partial charge in [0.2, 0.25) is 0 Å². The predicted molar refractivity (Wildman–Crippen MR) is 121 cm³/mol. The fourth-order valence-corrected chi connectivity index (χ4v) is 7.57. The van der Waals surface area contributed by atoms with Crippen LogP contribution in [0.2, 0.25) is 0 Å². The molecule has 0 spiro atoms. The highest BCUT2D eigenvalue weighted by Crippen LogP contribution is 2.60. The monoisotopic (exact) mass is 498 g/mol. The van der Waals surface area contributed by atoms with Gasteiger partial charge in [-0.05, 0) is 93.6 Å². The SMILES string of the molecule is C=CCCCCC1(CCCCC=C)c2cc(Br)sc2-c2sc(Br)cc21. The lowest BCUT2D eigenvalue weighted by Gasteiger charge is -2.31. The number of fused-ring (bicyclic) bond motifs is 3. The third-order valence-corrected chi connectivity index (χ3v) is 8.61. The number of rotatable bonds is 10. The van der Waals surface area contributed by atoms with E-state index < -0.39 is 0 Å². The van der Waals surface area contributed by atoms with E-state index in [0.29, 0.717) is 0 Å². The molecule has 0 amide bonds. The first-order valence-corrected chi connectivity index (χ1v) is 12.2. The fourth-order valence-electron chi connectivity index (χ4n) is 4.01. The molecule has 25 heavy (non-hydrogen) atoms. The zero-order valence-corrected chi connectivity index (χ0v) is 19.3.